The molecule has 37 heavy (non-hydrogen) atoms. The Morgan fingerprint density at radius 3 is 2.68 bits per heavy atom. The second kappa shape index (κ2) is 8.59. The van der Waals surface area contributed by atoms with E-state index in [0.29, 0.717) is 28.6 Å². The van der Waals surface area contributed by atoms with Gasteiger partial charge in [-0.3, -0.25) is 4.98 Å². The monoisotopic (exact) mass is 493 g/mol. The minimum absolute atomic E-state index is 0.0620. The molecule has 5 aromatic rings. The van der Waals surface area contributed by atoms with Gasteiger partial charge in [0.1, 0.15) is 17.3 Å². The van der Waals surface area contributed by atoms with Gasteiger partial charge in [0.05, 0.1) is 17.4 Å². The molecule has 7 nitrogen and oxygen atoms in total. The van der Waals surface area contributed by atoms with Crippen molar-refractivity contribution in [1.29, 1.82) is 0 Å². The number of halogens is 1. The van der Waals surface area contributed by atoms with Crippen LogP contribution in [-0.2, 0) is 0 Å². The van der Waals surface area contributed by atoms with Crippen molar-refractivity contribution >= 4 is 27.8 Å². The van der Waals surface area contributed by atoms with E-state index in [0.717, 1.165) is 53.6 Å². The first-order valence-electron chi connectivity index (χ1n) is 13.0. The van der Waals surface area contributed by atoms with Crippen molar-refractivity contribution < 1.29 is 4.39 Å². The van der Waals surface area contributed by atoms with Gasteiger partial charge in [-0.2, -0.15) is 0 Å². The molecule has 1 aromatic carbocycles. The minimum Gasteiger partial charge on any atom is -0.364 e. The quantitative estimate of drug-likeness (QED) is 0.286. The van der Waals surface area contributed by atoms with Crippen LogP contribution in [0.1, 0.15) is 44.1 Å². The van der Waals surface area contributed by atoms with Crippen molar-refractivity contribution in [2.45, 2.75) is 44.1 Å². The SMILES string of the molecule is CC1(Nc2nc(-c3ccnc4[nH]c(-c5ccccc5F)cc34)nc3cncc(C4CC4)c23)CCNCC1. The summed E-state index contributed by atoms with van der Waals surface area (Å²) in [5.41, 5.74) is 4.70. The van der Waals surface area contributed by atoms with E-state index in [1.165, 1.54) is 24.5 Å². The topological polar surface area (TPSA) is 91.4 Å². The molecule has 0 bridgehead atoms. The Balaban J connectivity index is 1.41. The van der Waals surface area contributed by atoms with Crippen LogP contribution in [-0.4, -0.2) is 43.5 Å². The number of nitrogens with zero attached hydrogens (tertiary/aromatic N) is 4. The van der Waals surface area contributed by atoms with E-state index in [1.54, 1.807) is 18.3 Å². The molecule has 2 aliphatic rings. The van der Waals surface area contributed by atoms with Gasteiger partial charge in [0.25, 0.3) is 0 Å². The number of benzene rings is 1. The van der Waals surface area contributed by atoms with Crippen molar-refractivity contribution in [3.8, 4) is 22.6 Å². The minimum atomic E-state index is -0.280. The van der Waals surface area contributed by atoms with Crippen LogP contribution in [0.15, 0.2) is 55.0 Å². The number of H-pyrrole nitrogens is 1. The number of hydrogen-bond donors (Lipinski definition) is 3. The maximum Gasteiger partial charge on any atom is 0.163 e. The number of nitrogens with one attached hydrogen (secondary N) is 3. The summed E-state index contributed by atoms with van der Waals surface area (Å²) in [4.78, 5) is 22.5. The van der Waals surface area contributed by atoms with Crippen LogP contribution in [0, 0.1) is 5.82 Å². The summed E-state index contributed by atoms with van der Waals surface area (Å²) in [7, 11) is 0. The average Bonchev–Trinajstić information content (AvgIpc) is 3.66. The first kappa shape index (κ1) is 22.3. The highest BCUT2D eigenvalue weighted by atomic mass is 19.1. The Hall–Kier alpha value is -3.91. The van der Waals surface area contributed by atoms with Crippen molar-refractivity contribution in [2.24, 2.45) is 0 Å². The van der Waals surface area contributed by atoms with Crippen LogP contribution < -0.4 is 10.6 Å². The summed E-state index contributed by atoms with van der Waals surface area (Å²) >= 11 is 0. The second-order valence-corrected chi connectivity index (χ2v) is 10.5. The fourth-order valence-electron chi connectivity index (χ4n) is 5.46. The van der Waals surface area contributed by atoms with Gasteiger partial charge in [-0.25, -0.2) is 19.3 Å². The number of anilines is 1. The lowest BCUT2D eigenvalue weighted by atomic mass is 9.90. The van der Waals surface area contributed by atoms with Gasteiger partial charge >= 0.3 is 0 Å². The number of aromatic amines is 1. The van der Waals surface area contributed by atoms with Crippen molar-refractivity contribution in [1.82, 2.24) is 30.2 Å². The van der Waals surface area contributed by atoms with Gasteiger partial charge < -0.3 is 15.6 Å². The number of aromatic nitrogens is 5. The third kappa shape index (κ3) is 4.01. The molecule has 0 unspecified atom stereocenters. The fraction of sp³-hybridized carbons (Fsp3) is 0.310. The Morgan fingerprint density at radius 1 is 1.03 bits per heavy atom. The Labute approximate surface area is 214 Å². The van der Waals surface area contributed by atoms with Crippen LogP contribution in [0.25, 0.3) is 44.6 Å². The number of piperidine rings is 1. The largest absolute Gasteiger partial charge is 0.364 e. The van der Waals surface area contributed by atoms with E-state index in [2.05, 4.69) is 32.5 Å². The molecule has 0 spiro atoms. The zero-order valence-electron chi connectivity index (χ0n) is 20.7. The number of fused-ring (bicyclic) bond motifs is 2. The average molecular weight is 494 g/mol. The van der Waals surface area contributed by atoms with E-state index in [9.17, 15) is 4.39 Å². The fourth-order valence-corrected chi connectivity index (χ4v) is 5.46. The molecular formula is C29H28FN7. The lowest BCUT2D eigenvalue weighted by Gasteiger charge is -2.36. The maximum atomic E-state index is 14.5. The van der Waals surface area contributed by atoms with Gasteiger partial charge in [0.15, 0.2) is 5.82 Å². The summed E-state index contributed by atoms with van der Waals surface area (Å²) in [6.45, 7) is 4.23. The van der Waals surface area contributed by atoms with Crippen molar-refractivity contribution in [2.75, 3.05) is 18.4 Å². The van der Waals surface area contributed by atoms with Gasteiger partial charge in [0, 0.05) is 39.8 Å². The smallest absolute Gasteiger partial charge is 0.163 e. The molecule has 1 saturated carbocycles. The summed E-state index contributed by atoms with van der Waals surface area (Å²) in [5, 5.41) is 9.22. The van der Waals surface area contributed by atoms with Crippen LogP contribution in [0.2, 0.25) is 0 Å². The first-order chi connectivity index (χ1) is 18.1. The summed E-state index contributed by atoms with van der Waals surface area (Å²) < 4.78 is 14.5. The second-order valence-electron chi connectivity index (χ2n) is 10.5. The van der Waals surface area contributed by atoms with Gasteiger partial charge in [-0.05, 0) is 81.4 Å². The molecule has 186 valence electrons. The summed E-state index contributed by atoms with van der Waals surface area (Å²) in [5.74, 6) is 1.71. The molecule has 1 aliphatic heterocycles. The number of pyridine rings is 2. The third-order valence-corrected chi connectivity index (χ3v) is 7.72. The Kier molecular flexibility index (Phi) is 5.18. The molecule has 5 heterocycles. The predicted octanol–water partition coefficient (Wildman–Crippen LogP) is 5.81. The standard InChI is InChI=1S/C29H28FN7/c1-29(9-12-31-13-10-29)37-28-25-21(17-6-7-17)15-32-16-24(25)35-27(36-28)18-8-11-33-26-20(18)14-23(34-26)19-4-2-3-5-22(19)30/h2-5,8,11,14-17,31H,6-7,9-10,12-13H2,1H3,(H,33,34)(H,35,36,37). The molecule has 0 radical (unpaired) electrons. The van der Waals surface area contributed by atoms with E-state index < -0.39 is 0 Å². The molecular weight excluding hydrogens is 465 g/mol. The third-order valence-electron chi connectivity index (χ3n) is 7.72. The Morgan fingerprint density at radius 2 is 1.86 bits per heavy atom. The van der Waals surface area contributed by atoms with Crippen LogP contribution in [0.5, 0.6) is 0 Å². The van der Waals surface area contributed by atoms with Crippen molar-refractivity contribution in [3.05, 3.63) is 66.4 Å². The maximum absolute atomic E-state index is 14.5. The molecule has 8 heteroatoms. The van der Waals surface area contributed by atoms with Crippen LogP contribution in [0.3, 0.4) is 0 Å². The zero-order valence-corrected chi connectivity index (χ0v) is 20.7. The number of hydrogen-bond acceptors (Lipinski definition) is 6. The van der Waals surface area contributed by atoms with E-state index in [4.69, 9.17) is 9.97 Å². The molecule has 3 N–H and O–H groups in total. The highest BCUT2D eigenvalue weighted by molar-refractivity contribution is 5.98. The molecule has 7 rings (SSSR count). The van der Waals surface area contributed by atoms with Crippen molar-refractivity contribution in [3.63, 3.8) is 0 Å². The van der Waals surface area contributed by atoms with E-state index in [1.807, 2.05) is 30.6 Å². The molecule has 2 fully saturated rings. The molecule has 0 atom stereocenters. The van der Waals surface area contributed by atoms with Gasteiger partial charge in [-0.1, -0.05) is 12.1 Å². The van der Waals surface area contributed by atoms with E-state index >= 15 is 0 Å². The molecule has 1 aliphatic carbocycles. The predicted molar refractivity (Wildman–Crippen MR) is 144 cm³/mol. The van der Waals surface area contributed by atoms with Crippen LogP contribution >= 0.6 is 0 Å². The van der Waals surface area contributed by atoms with E-state index in [-0.39, 0.29) is 11.4 Å². The first-order valence-corrected chi connectivity index (χ1v) is 13.0. The molecule has 4 aromatic heterocycles. The summed E-state index contributed by atoms with van der Waals surface area (Å²) in [6.07, 6.45) is 9.95. The number of rotatable bonds is 5. The zero-order chi connectivity index (χ0) is 25.0. The lowest BCUT2D eigenvalue weighted by Crippen LogP contribution is -2.45. The lowest BCUT2D eigenvalue weighted by molar-refractivity contribution is 0.364. The van der Waals surface area contributed by atoms with Gasteiger partial charge in [0.2, 0.25) is 0 Å². The van der Waals surface area contributed by atoms with Crippen LogP contribution in [0.4, 0.5) is 10.2 Å². The molecule has 1 saturated heterocycles. The highest BCUT2D eigenvalue weighted by Gasteiger charge is 2.31. The molecule has 0 amide bonds. The highest BCUT2D eigenvalue weighted by Crippen LogP contribution is 2.45. The Bertz CT molecular complexity index is 1630. The summed E-state index contributed by atoms with van der Waals surface area (Å²) in [6, 6.07) is 10.6. The van der Waals surface area contributed by atoms with Gasteiger partial charge in [-0.15, -0.1) is 0 Å². The normalized spacial score (nSPS) is 17.4.